The van der Waals surface area contributed by atoms with Crippen molar-refractivity contribution >= 4 is 23.4 Å². The molecule has 0 saturated heterocycles. The summed E-state index contributed by atoms with van der Waals surface area (Å²) in [6.07, 6.45) is 1.44. The summed E-state index contributed by atoms with van der Waals surface area (Å²) in [6, 6.07) is 1.86. The number of aromatic amines is 1. The van der Waals surface area contributed by atoms with Crippen LogP contribution >= 0.6 is 12.2 Å². The van der Waals surface area contributed by atoms with Crippen molar-refractivity contribution in [2.24, 2.45) is 0 Å². The Hall–Kier alpha value is -2.22. The number of aryl methyl sites for hydroxylation is 1. The van der Waals surface area contributed by atoms with Gasteiger partial charge in [-0.05, 0) is 19.1 Å². The van der Waals surface area contributed by atoms with E-state index in [4.69, 9.17) is 21.5 Å². The molecule has 0 unspecified atom stereocenters. The summed E-state index contributed by atoms with van der Waals surface area (Å²) in [4.78, 5) is 11.3. The van der Waals surface area contributed by atoms with Crippen molar-refractivity contribution in [2.75, 3.05) is 7.11 Å². The fraction of sp³-hybridized carbons (Fsp3) is 0.273. The van der Waals surface area contributed by atoms with Crippen LogP contribution in [0.4, 0.5) is 0 Å². The molecule has 8 heteroatoms. The lowest BCUT2D eigenvalue weighted by molar-refractivity contribution is 0.389. The van der Waals surface area contributed by atoms with Crippen molar-refractivity contribution < 1.29 is 9.26 Å². The Morgan fingerprint density at radius 3 is 3.00 bits per heavy atom. The first-order valence-corrected chi connectivity index (χ1v) is 5.99. The highest BCUT2D eigenvalue weighted by Crippen LogP contribution is 2.20. The second-order valence-electron chi connectivity index (χ2n) is 4.03. The van der Waals surface area contributed by atoms with Gasteiger partial charge in [0, 0.05) is 6.07 Å². The van der Waals surface area contributed by atoms with E-state index >= 15 is 0 Å². The number of H-pyrrole nitrogens is 1. The molecule has 3 aromatic heterocycles. The third-order valence-corrected chi connectivity index (χ3v) is 3.04. The average Bonchev–Trinajstić information content (AvgIpc) is 2.94. The molecule has 0 aliphatic heterocycles. The maximum absolute atomic E-state index is 5.29. The SMILES string of the molecule is COc1ncnc2c1[nH]c(=S)n2Cc1cc(C)on1. The highest BCUT2D eigenvalue weighted by atomic mass is 32.1. The Morgan fingerprint density at radius 1 is 1.47 bits per heavy atom. The molecule has 0 aliphatic carbocycles. The number of methoxy groups -OCH3 is 1. The molecule has 3 aromatic rings. The molecule has 1 N–H and O–H groups in total. The quantitative estimate of drug-likeness (QED) is 0.736. The van der Waals surface area contributed by atoms with Gasteiger partial charge in [-0.25, -0.2) is 4.98 Å². The second kappa shape index (κ2) is 4.47. The minimum atomic E-state index is 0.464. The minimum Gasteiger partial charge on any atom is -0.479 e. The summed E-state index contributed by atoms with van der Waals surface area (Å²) in [6.45, 7) is 2.33. The lowest BCUT2D eigenvalue weighted by atomic mass is 10.4. The molecular formula is C11H11N5O2S. The molecule has 0 fully saturated rings. The van der Waals surface area contributed by atoms with Gasteiger partial charge in [0.2, 0.25) is 5.88 Å². The fourth-order valence-corrected chi connectivity index (χ4v) is 2.15. The Labute approximate surface area is 113 Å². The number of nitrogens with one attached hydrogen (secondary N) is 1. The van der Waals surface area contributed by atoms with Crippen molar-refractivity contribution in [3.8, 4) is 5.88 Å². The standard InChI is InChI=1S/C11H11N5O2S/c1-6-3-7(15-18-6)4-16-9-8(14-11(16)19)10(17-2)13-5-12-9/h3,5H,4H2,1-2H3,(H,14,19). The maximum Gasteiger partial charge on any atom is 0.242 e. The maximum atomic E-state index is 5.29. The third kappa shape index (κ3) is 1.99. The minimum absolute atomic E-state index is 0.464. The molecule has 0 aliphatic rings. The first-order chi connectivity index (χ1) is 9.19. The number of ether oxygens (including phenoxy) is 1. The summed E-state index contributed by atoms with van der Waals surface area (Å²) in [7, 11) is 1.55. The van der Waals surface area contributed by atoms with Crippen molar-refractivity contribution in [3.05, 3.63) is 28.6 Å². The van der Waals surface area contributed by atoms with Gasteiger partial charge in [-0.2, -0.15) is 4.98 Å². The molecule has 0 atom stereocenters. The van der Waals surface area contributed by atoms with E-state index in [1.165, 1.54) is 6.33 Å². The first kappa shape index (κ1) is 11.8. The number of hydrogen-bond donors (Lipinski definition) is 1. The summed E-state index contributed by atoms with van der Waals surface area (Å²) in [5.74, 6) is 1.22. The Bertz CT molecular complexity index is 788. The van der Waals surface area contributed by atoms with E-state index in [0.29, 0.717) is 28.4 Å². The predicted octanol–water partition coefficient (Wildman–Crippen LogP) is 1.84. The summed E-state index contributed by atoms with van der Waals surface area (Å²) < 4.78 is 12.6. The van der Waals surface area contributed by atoms with E-state index in [1.54, 1.807) is 7.11 Å². The van der Waals surface area contributed by atoms with Crippen molar-refractivity contribution in [3.63, 3.8) is 0 Å². The van der Waals surface area contributed by atoms with Gasteiger partial charge in [-0.1, -0.05) is 5.16 Å². The average molecular weight is 277 g/mol. The van der Waals surface area contributed by atoms with Crippen LogP contribution in [0.3, 0.4) is 0 Å². The number of aromatic nitrogens is 5. The first-order valence-electron chi connectivity index (χ1n) is 5.58. The molecule has 0 bridgehead atoms. The van der Waals surface area contributed by atoms with Gasteiger partial charge in [0.15, 0.2) is 10.4 Å². The lowest BCUT2D eigenvalue weighted by Gasteiger charge is -2.01. The van der Waals surface area contributed by atoms with Crippen LogP contribution in [0.25, 0.3) is 11.2 Å². The fourth-order valence-electron chi connectivity index (χ4n) is 1.90. The molecule has 0 saturated carbocycles. The van der Waals surface area contributed by atoms with Crippen molar-refractivity contribution in [1.82, 2.24) is 24.7 Å². The molecule has 0 spiro atoms. The third-order valence-electron chi connectivity index (χ3n) is 2.72. The summed E-state index contributed by atoms with van der Waals surface area (Å²) in [5.41, 5.74) is 2.14. The van der Waals surface area contributed by atoms with Crippen molar-refractivity contribution in [2.45, 2.75) is 13.5 Å². The largest absolute Gasteiger partial charge is 0.479 e. The van der Waals surface area contributed by atoms with Gasteiger partial charge in [0.05, 0.1) is 13.7 Å². The predicted molar refractivity (Wildman–Crippen MR) is 69.6 cm³/mol. The number of nitrogens with zero attached hydrogens (tertiary/aromatic N) is 4. The number of imidazole rings is 1. The van der Waals surface area contributed by atoms with Gasteiger partial charge >= 0.3 is 0 Å². The Morgan fingerprint density at radius 2 is 2.32 bits per heavy atom. The van der Waals surface area contributed by atoms with Gasteiger partial charge in [0.25, 0.3) is 0 Å². The summed E-state index contributed by atoms with van der Waals surface area (Å²) >= 11 is 5.29. The van der Waals surface area contributed by atoms with E-state index in [-0.39, 0.29) is 0 Å². The molecule has 3 rings (SSSR count). The monoisotopic (exact) mass is 277 g/mol. The highest BCUT2D eigenvalue weighted by molar-refractivity contribution is 7.71. The molecule has 0 radical (unpaired) electrons. The van der Waals surface area contributed by atoms with Gasteiger partial charge < -0.3 is 14.2 Å². The zero-order valence-electron chi connectivity index (χ0n) is 10.4. The van der Waals surface area contributed by atoms with Crippen molar-refractivity contribution in [1.29, 1.82) is 0 Å². The molecule has 0 aromatic carbocycles. The molecule has 98 valence electrons. The van der Waals surface area contributed by atoms with Gasteiger partial charge in [-0.15, -0.1) is 0 Å². The van der Waals surface area contributed by atoms with Crippen LogP contribution in [-0.4, -0.2) is 31.8 Å². The smallest absolute Gasteiger partial charge is 0.242 e. The Kier molecular flexibility index (Phi) is 2.79. The summed E-state index contributed by atoms with van der Waals surface area (Å²) in [5, 5.41) is 3.95. The Balaban J connectivity index is 2.13. The van der Waals surface area contributed by atoms with Crippen LogP contribution in [-0.2, 0) is 6.54 Å². The van der Waals surface area contributed by atoms with Crippen LogP contribution in [0, 0.1) is 11.7 Å². The molecular weight excluding hydrogens is 266 g/mol. The van der Waals surface area contributed by atoms with E-state index in [1.807, 2.05) is 17.6 Å². The number of fused-ring (bicyclic) bond motifs is 1. The van der Waals surface area contributed by atoms with Gasteiger partial charge in [0.1, 0.15) is 23.3 Å². The molecule has 19 heavy (non-hydrogen) atoms. The normalized spacial score (nSPS) is 11.1. The highest BCUT2D eigenvalue weighted by Gasteiger charge is 2.12. The van der Waals surface area contributed by atoms with E-state index in [9.17, 15) is 0 Å². The van der Waals surface area contributed by atoms with E-state index in [2.05, 4.69) is 20.1 Å². The van der Waals surface area contributed by atoms with Crippen LogP contribution in [0.15, 0.2) is 16.9 Å². The van der Waals surface area contributed by atoms with Gasteiger partial charge in [-0.3, -0.25) is 4.57 Å². The molecule has 0 amide bonds. The molecule has 7 nitrogen and oxygen atoms in total. The second-order valence-corrected chi connectivity index (χ2v) is 4.41. The van der Waals surface area contributed by atoms with Crippen LogP contribution in [0.5, 0.6) is 5.88 Å². The van der Waals surface area contributed by atoms with Crippen LogP contribution < -0.4 is 4.74 Å². The number of hydrogen-bond acceptors (Lipinski definition) is 6. The lowest BCUT2D eigenvalue weighted by Crippen LogP contribution is -2.01. The van der Waals surface area contributed by atoms with Crippen LogP contribution in [0.2, 0.25) is 0 Å². The van der Waals surface area contributed by atoms with E-state index in [0.717, 1.165) is 11.5 Å². The molecule has 3 heterocycles. The zero-order valence-corrected chi connectivity index (χ0v) is 11.2. The zero-order chi connectivity index (χ0) is 13.4. The topological polar surface area (TPSA) is 81.8 Å². The van der Waals surface area contributed by atoms with Crippen LogP contribution in [0.1, 0.15) is 11.5 Å². The van der Waals surface area contributed by atoms with E-state index < -0.39 is 0 Å². The number of rotatable bonds is 3.